The molecule has 90 valence electrons. The number of carbonyl (C=O) groups excluding carboxylic acids is 1. The fourth-order valence-electron chi connectivity index (χ4n) is 1.12. The number of anilines is 1. The molecule has 16 heavy (non-hydrogen) atoms. The summed E-state index contributed by atoms with van der Waals surface area (Å²) in [6.07, 6.45) is 0.273. The first-order valence-electron chi connectivity index (χ1n) is 4.51. The highest BCUT2D eigenvalue weighted by Gasteiger charge is 2.07. The van der Waals surface area contributed by atoms with Gasteiger partial charge >= 0.3 is 0 Å². The Balaban J connectivity index is 0.00000225. The van der Waals surface area contributed by atoms with Crippen LogP contribution in [-0.2, 0) is 4.79 Å². The zero-order valence-electron chi connectivity index (χ0n) is 8.83. The second-order valence-corrected chi connectivity index (χ2v) is 3.37. The van der Waals surface area contributed by atoms with E-state index in [1.807, 2.05) is 0 Å². The van der Waals surface area contributed by atoms with Gasteiger partial charge < -0.3 is 15.8 Å². The lowest BCUT2D eigenvalue weighted by Gasteiger charge is -2.09. The molecule has 0 aliphatic carbocycles. The van der Waals surface area contributed by atoms with Gasteiger partial charge in [0.25, 0.3) is 0 Å². The number of hydrogen-bond donors (Lipinski definition) is 2. The third-order valence-corrected chi connectivity index (χ3v) is 2.04. The molecule has 1 amide bonds. The predicted molar refractivity (Wildman–Crippen MR) is 67.6 cm³/mol. The van der Waals surface area contributed by atoms with Crippen molar-refractivity contribution >= 4 is 35.6 Å². The zero-order chi connectivity index (χ0) is 11.3. The third kappa shape index (κ3) is 4.26. The number of ether oxygens (including phenoxy) is 1. The van der Waals surface area contributed by atoms with Gasteiger partial charge in [-0.2, -0.15) is 0 Å². The zero-order valence-corrected chi connectivity index (χ0v) is 10.4. The molecule has 4 nitrogen and oxygen atoms in total. The van der Waals surface area contributed by atoms with E-state index in [-0.39, 0.29) is 24.7 Å². The first-order valence-corrected chi connectivity index (χ1v) is 4.88. The summed E-state index contributed by atoms with van der Waals surface area (Å²) in [5.41, 5.74) is 5.82. The standard InChI is InChI=1S/C10H13ClN2O2.ClH/c1-15-9-3-2-7(11)6-8(9)13-10(14)4-5-12;/h2-3,6H,4-5,12H2,1H3,(H,13,14);1H. The van der Waals surface area contributed by atoms with Crippen molar-refractivity contribution in [2.75, 3.05) is 19.0 Å². The van der Waals surface area contributed by atoms with Gasteiger partial charge in [-0.1, -0.05) is 11.6 Å². The van der Waals surface area contributed by atoms with E-state index in [0.717, 1.165) is 0 Å². The number of methoxy groups -OCH3 is 1. The van der Waals surface area contributed by atoms with Crippen molar-refractivity contribution in [2.24, 2.45) is 5.73 Å². The third-order valence-electron chi connectivity index (χ3n) is 1.81. The molecule has 0 aromatic heterocycles. The SMILES string of the molecule is COc1ccc(Cl)cc1NC(=O)CCN.Cl. The van der Waals surface area contributed by atoms with Crippen LogP contribution in [0.3, 0.4) is 0 Å². The minimum absolute atomic E-state index is 0. The molecule has 0 radical (unpaired) electrons. The fourth-order valence-corrected chi connectivity index (χ4v) is 1.29. The minimum atomic E-state index is -0.155. The number of nitrogens with two attached hydrogens (primary N) is 1. The Morgan fingerprint density at radius 2 is 2.25 bits per heavy atom. The summed E-state index contributed by atoms with van der Waals surface area (Å²) in [7, 11) is 1.53. The average molecular weight is 265 g/mol. The Morgan fingerprint density at radius 1 is 1.56 bits per heavy atom. The molecule has 0 fully saturated rings. The van der Waals surface area contributed by atoms with Gasteiger partial charge in [0.2, 0.25) is 5.91 Å². The molecule has 1 aromatic carbocycles. The second kappa shape index (κ2) is 7.33. The Labute approximate surface area is 106 Å². The number of amides is 1. The smallest absolute Gasteiger partial charge is 0.225 e. The van der Waals surface area contributed by atoms with Crippen LogP contribution in [0.4, 0.5) is 5.69 Å². The maximum Gasteiger partial charge on any atom is 0.225 e. The van der Waals surface area contributed by atoms with Crippen molar-refractivity contribution in [3.05, 3.63) is 23.2 Å². The fraction of sp³-hybridized carbons (Fsp3) is 0.300. The molecule has 0 heterocycles. The van der Waals surface area contributed by atoms with Crippen LogP contribution in [0.5, 0.6) is 5.75 Å². The Kier molecular flexibility index (Phi) is 6.88. The molecule has 0 saturated carbocycles. The number of benzene rings is 1. The van der Waals surface area contributed by atoms with Crippen LogP contribution in [-0.4, -0.2) is 19.6 Å². The van der Waals surface area contributed by atoms with E-state index in [1.54, 1.807) is 18.2 Å². The Hall–Kier alpha value is -0.970. The number of rotatable bonds is 4. The molecule has 0 spiro atoms. The molecule has 0 atom stereocenters. The van der Waals surface area contributed by atoms with Crippen molar-refractivity contribution in [3.63, 3.8) is 0 Å². The highest BCUT2D eigenvalue weighted by atomic mass is 35.5. The number of carbonyl (C=O) groups is 1. The van der Waals surface area contributed by atoms with Gasteiger partial charge in [0, 0.05) is 18.0 Å². The van der Waals surface area contributed by atoms with Crippen molar-refractivity contribution in [3.8, 4) is 5.75 Å². The molecule has 0 bridgehead atoms. The molecule has 0 unspecified atom stereocenters. The monoisotopic (exact) mass is 264 g/mol. The van der Waals surface area contributed by atoms with Crippen molar-refractivity contribution in [2.45, 2.75) is 6.42 Å². The van der Waals surface area contributed by atoms with Gasteiger partial charge in [-0.25, -0.2) is 0 Å². The Bertz CT molecular complexity index is 359. The van der Waals surface area contributed by atoms with Crippen molar-refractivity contribution < 1.29 is 9.53 Å². The van der Waals surface area contributed by atoms with Crippen LogP contribution in [0.1, 0.15) is 6.42 Å². The molecular formula is C10H14Cl2N2O2. The second-order valence-electron chi connectivity index (χ2n) is 2.93. The van der Waals surface area contributed by atoms with E-state index in [9.17, 15) is 4.79 Å². The average Bonchev–Trinajstić information content (AvgIpc) is 2.18. The van der Waals surface area contributed by atoms with E-state index in [0.29, 0.717) is 23.0 Å². The van der Waals surface area contributed by atoms with Crippen LogP contribution in [0.2, 0.25) is 5.02 Å². The van der Waals surface area contributed by atoms with E-state index >= 15 is 0 Å². The molecule has 0 aliphatic heterocycles. The highest BCUT2D eigenvalue weighted by molar-refractivity contribution is 6.31. The molecule has 3 N–H and O–H groups in total. The van der Waals surface area contributed by atoms with Gasteiger partial charge in [-0.15, -0.1) is 12.4 Å². The summed E-state index contributed by atoms with van der Waals surface area (Å²) >= 11 is 5.80. The maximum absolute atomic E-state index is 11.3. The van der Waals surface area contributed by atoms with Gasteiger partial charge in [0.1, 0.15) is 5.75 Å². The summed E-state index contributed by atoms with van der Waals surface area (Å²) in [5, 5.41) is 3.22. The van der Waals surface area contributed by atoms with Crippen LogP contribution >= 0.6 is 24.0 Å². The van der Waals surface area contributed by atoms with Crippen LogP contribution in [0.25, 0.3) is 0 Å². The first kappa shape index (κ1) is 15.0. The number of halogens is 2. The quantitative estimate of drug-likeness (QED) is 0.875. The van der Waals surface area contributed by atoms with E-state index in [2.05, 4.69) is 5.32 Å². The van der Waals surface area contributed by atoms with E-state index < -0.39 is 0 Å². The molecule has 0 saturated heterocycles. The molecule has 1 rings (SSSR count). The van der Waals surface area contributed by atoms with Gasteiger partial charge in [-0.3, -0.25) is 4.79 Å². The molecule has 0 aliphatic rings. The van der Waals surface area contributed by atoms with E-state index in [1.165, 1.54) is 7.11 Å². The number of hydrogen-bond acceptors (Lipinski definition) is 3. The predicted octanol–water partition coefficient (Wildman–Crippen LogP) is 2.06. The van der Waals surface area contributed by atoms with Crippen molar-refractivity contribution in [1.82, 2.24) is 0 Å². The van der Waals surface area contributed by atoms with Gasteiger partial charge in [0.15, 0.2) is 0 Å². The van der Waals surface area contributed by atoms with Gasteiger partial charge in [0.05, 0.1) is 12.8 Å². The summed E-state index contributed by atoms with van der Waals surface area (Å²) in [5.74, 6) is 0.419. The minimum Gasteiger partial charge on any atom is -0.495 e. The largest absolute Gasteiger partial charge is 0.495 e. The molecule has 6 heteroatoms. The number of nitrogens with one attached hydrogen (secondary N) is 1. The normalized spacial score (nSPS) is 9.19. The lowest BCUT2D eigenvalue weighted by atomic mass is 10.2. The topological polar surface area (TPSA) is 64.3 Å². The maximum atomic E-state index is 11.3. The van der Waals surface area contributed by atoms with Crippen LogP contribution in [0.15, 0.2) is 18.2 Å². The first-order chi connectivity index (χ1) is 7.17. The summed E-state index contributed by atoms with van der Waals surface area (Å²) in [4.78, 5) is 11.3. The van der Waals surface area contributed by atoms with Gasteiger partial charge in [-0.05, 0) is 18.2 Å². The van der Waals surface area contributed by atoms with Crippen LogP contribution in [0, 0.1) is 0 Å². The van der Waals surface area contributed by atoms with Crippen molar-refractivity contribution in [1.29, 1.82) is 0 Å². The highest BCUT2D eigenvalue weighted by Crippen LogP contribution is 2.27. The van der Waals surface area contributed by atoms with Crippen LogP contribution < -0.4 is 15.8 Å². The molecular weight excluding hydrogens is 251 g/mol. The summed E-state index contributed by atoms with van der Waals surface area (Å²) in [6, 6.07) is 5.02. The summed E-state index contributed by atoms with van der Waals surface area (Å²) in [6.45, 7) is 0.314. The lowest BCUT2D eigenvalue weighted by molar-refractivity contribution is -0.116. The summed E-state index contributed by atoms with van der Waals surface area (Å²) < 4.78 is 5.07. The molecule has 1 aromatic rings. The lowest BCUT2D eigenvalue weighted by Crippen LogP contribution is -2.16. The Morgan fingerprint density at radius 3 is 2.81 bits per heavy atom. The van der Waals surface area contributed by atoms with E-state index in [4.69, 9.17) is 22.1 Å².